The molecule has 1 amide bonds. The lowest BCUT2D eigenvalue weighted by atomic mass is 10.2. The molecule has 0 bridgehead atoms. The minimum Gasteiger partial charge on any atom is -0.491 e. The van der Waals surface area contributed by atoms with E-state index in [4.69, 9.17) is 4.74 Å². The van der Waals surface area contributed by atoms with E-state index < -0.39 is 4.92 Å². The summed E-state index contributed by atoms with van der Waals surface area (Å²) in [7, 11) is 0. The number of hydrogen-bond donors (Lipinski definition) is 1. The molecular weight excluding hydrogens is 322 g/mol. The van der Waals surface area contributed by atoms with Gasteiger partial charge in [0.25, 0.3) is 5.69 Å². The Morgan fingerprint density at radius 1 is 1.36 bits per heavy atom. The fourth-order valence-electron chi connectivity index (χ4n) is 2.11. The smallest absolute Gasteiger partial charge is 0.290 e. The van der Waals surface area contributed by atoms with Crippen molar-refractivity contribution >= 4 is 23.5 Å². The third kappa shape index (κ3) is 5.42. The van der Waals surface area contributed by atoms with Crippen molar-refractivity contribution in [1.29, 1.82) is 0 Å². The van der Waals surface area contributed by atoms with Gasteiger partial charge >= 0.3 is 0 Å². The Hall–Kier alpha value is -3.22. The van der Waals surface area contributed by atoms with Crippen LogP contribution in [-0.4, -0.2) is 21.9 Å². The van der Waals surface area contributed by atoms with Crippen LogP contribution in [0.15, 0.2) is 42.6 Å². The quantitative estimate of drug-likeness (QED) is 0.491. The van der Waals surface area contributed by atoms with Crippen molar-refractivity contribution in [1.82, 2.24) is 4.98 Å². The summed E-state index contributed by atoms with van der Waals surface area (Å²) in [6.45, 7) is 5.47. The number of carbonyl (C=O) groups is 1. The Balaban J connectivity index is 2.03. The Bertz CT molecular complexity index is 816. The maximum absolute atomic E-state index is 12.0. The molecule has 1 aromatic heterocycles. The minimum atomic E-state index is -0.514. The van der Waals surface area contributed by atoms with Crippen molar-refractivity contribution in [2.24, 2.45) is 0 Å². The molecule has 0 fully saturated rings. The third-order valence-electron chi connectivity index (χ3n) is 3.19. The highest BCUT2D eigenvalue weighted by Crippen LogP contribution is 2.19. The lowest BCUT2D eigenvalue weighted by Gasteiger charge is -2.09. The van der Waals surface area contributed by atoms with Crippen LogP contribution in [0, 0.1) is 17.0 Å². The average molecular weight is 341 g/mol. The van der Waals surface area contributed by atoms with Gasteiger partial charge in [-0.2, -0.15) is 0 Å². The molecule has 25 heavy (non-hydrogen) atoms. The van der Waals surface area contributed by atoms with Crippen molar-refractivity contribution in [3.63, 3.8) is 0 Å². The van der Waals surface area contributed by atoms with E-state index in [0.717, 1.165) is 17.5 Å². The zero-order chi connectivity index (χ0) is 18.4. The van der Waals surface area contributed by atoms with E-state index in [-0.39, 0.29) is 23.5 Å². The number of pyridine rings is 1. The second kappa shape index (κ2) is 8.05. The molecule has 7 nitrogen and oxygen atoms in total. The second-order valence-corrected chi connectivity index (χ2v) is 5.67. The summed E-state index contributed by atoms with van der Waals surface area (Å²) in [5.41, 5.74) is 1.16. The first-order valence-electron chi connectivity index (χ1n) is 7.72. The highest BCUT2D eigenvalue weighted by Gasteiger charge is 2.12. The molecule has 0 radical (unpaired) electrons. The predicted octanol–water partition coefficient (Wildman–Crippen LogP) is 3.74. The normalized spacial score (nSPS) is 10.9. The molecule has 2 rings (SSSR count). The van der Waals surface area contributed by atoms with E-state index >= 15 is 0 Å². The molecule has 0 aliphatic carbocycles. The maximum Gasteiger partial charge on any atom is 0.290 e. The van der Waals surface area contributed by atoms with Crippen LogP contribution in [0.25, 0.3) is 6.08 Å². The molecule has 0 unspecified atom stereocenters. The molecule has 1 heterocycles. The number of nitrogens with one attached hydrogen (secondary N) is 1. The van der Waals surface area contributed by atoms with Crippen LogP contribution >= 0.6 is 0 Å². The summed E-state index contributed by atoms with van der Waals surface area (Å²) in [5.74, 6) is 0.607. The lowest BCUT2D eigenvalue weighted by Crippen LogP contribution is -2.09. The number of amides is 1. The Morgan fingerprint density at radius 3 is 2.76 bits per heavy atom. The molecule has 0 saturated carbocycles. The summed E-state index contributed by atoms with van der Waals surface area (Å²) in [5, 5.41) is 13.3. The van der Waals surface area contributed by atoms with Crippen molar-refractivity contribution in [2.75, 3.05) is 5.32 Å². The molecule has 0 spiro atoms. The van der Waals surface area contributed by atoms with Crippen LogP contribution in [-0.2, 0) is 4.79 Å². The highest BCUT2D eigenvalue weighted by atomic mass is 16.6. The molecular formula is C18H19N3O4. The first-order chi connectivity index (χ1) is 11.8. The van der Waals surface area contributed by atoms with Crippen molar-refractivity contribution < 1.29 is 14.5 Å². The van der Waals surface area contributed by atoms with Gasteiger partial charge in [-0.3, -0.25) is 14.9 Å². The summed E-state index contributed by atoms with van der Waals surface area (Å²) in [4.78, 5) is 26.1. The Labute approximate surface area is 145 Å². The lowest BCUT2D eigenvalue weighted by molar-refractivity contribution is -0.385. The van der Waals surface area contributed by atoms with E-state index in [9.17, 15) is 14.9 Å². The van der Waals surface area contributed by atoms with Crippen molar-refractivity contribution in [2.45, 2.75) is 26.9 Å². The average Bonchev–Trinajstić information content (AvgIpc) is 2.52. The van der Waals surface area contributed by atoms with Gasteiger partial charge in [0, 0.05) is 11.6 Å². The fourth-order valence-corrected chi connectivity index (χ4v) is 2.11. The predicted molar refractivity (Wildman–Crippen MR) is 95.5 cm³/mol. The van der Waals surface area contributed by atoms with Gasteiger partial charge in [0.15, 0.2) is 0 Å². The van der Waals surface area contributed by atoms with Crippen LogP contribution in [0.3, 0.4) is 0 Å². The van der Waals surface area contributed by atoms with Gasteiger partial charge in [-0.15, -0.1) is 0 Å². The van der Waals surface area contributed by atoms with Crippen LogP contribution in [0.1, 0.15) is 25.0 Å². The number of anilines is 1. The monoisotopic (exact) mass is 341 g/mol. The number of ether oxygens (including phenoxy) is 1. The summed E-state index contributed by atoms with van der Waals surface area (Å²) >= 11 is 0. The number of nitrogens with zero attached hydrogens (tertiary/aromatic N) is 2. The van der Waals surface area contributed by atoms with Crippen LogP contribution in [0.2, 0.25) is 0 Å². The van der Waals surface area contributed by atoms with E-state index in [1.807, 2.05) is 38.1 Å². The first kappa shape index (κ1) is 18.1. The third-order valence-corrected chi connectivity index (χ3v) is 3.19. The van der Waals surface area contributed by atoms with Gasteiger partial charge in [-0.1, -0.05) is 12.1 Å². The molecule has 7 heteroatoms. The largest absolute Gasteiger partial charge is 0.491 e. The number of aromatic nitrogens is 1. The standard InChI is InChI=1S/C18H19N3O4/c1-12(2)25-15-6-4-5-14(10-15)7-8-18(22)20-17-9-13(3)16(11-19-17)21(23)24/h4-12H,1-3H3,(H,19,20,22)/b8-7+. The maximum atomic E-state index is 12.0. The summed E-state index contributed by atoms with van der Waals surface area (Å²) < 4.78 is 5.60. The summed E-state index contributed by atoms with van der Waals surface area (Å²) in [6, 6.07) is 8.84. The van der Waals surface area contributed by atoms with E-state index in [0.29, 0.717) is 5.56 Å². The van der Waals surface area contributed by atoms with Crippen LogP contribution in [0.5, 0.6) is 5.75 Å². The second-order valence-electron chi connectivity index (χ2n) is 5.67. The molecule has 0 aliphatic heterocycles. The molecule has 0 atom stereocenters. The molecule has 1 aromatic carbocycles. The van der Waals surface area contributed by atoms with Crippen molar-refractivity contribution in [3.8, 4) is 5.75 Å². The zero-order valence-corrected chi connectivity index (χ0v) is 14.2. The SMILES string of the molecule is Cc1cc(NC(=O)/C=C/c2cccc(OC(C)C)c2)ncc1[N+](=O)[O-]. The van der Waals surface area contributed by atoms with E-state index in [1.165, 1.54) is 12.1 Å². The number of hydrogen-bond acceptors (Lipinski definition) is 5. The van der Waals surface area contributed by atoms with Gasteiger partial charge in [0.05, 0.1) is 11.0 Å². The van der Waals surface area contributed by atoms with Gasteiger partial charge in [-0.05, 0) is 50.6 Å². The first-order valence-corrected chi connectivity index (χ1v) is 7.72. The fraction of sp³-hybridized carbons (Fsp3) is 0.222. The molecule has 0 aliphatic rings. The topological polar surface area (TPSA) is 94.4 Å². The number of benzene rings is 1. The molecule has 0 saturated heterocycles. The van der Waals surface area contributed by atoms with Crippen LogP contribution in [0.4, 0.5) is 11.5 Å². The highest BCUT2D eigenvalue weighted by molar-refractivity contribution is 6.01. The van der Waals surface area contributed by atoms with Crippen molar-refractivity contribution in [3.05, 3.63) is 63.8 Å². The molecule has 130 valence electrons. The van der Waals surface area contributed by atoms with Gasteiger partial charge in [0.1, 0.15) is 17.8 Å². The molecule has 1 N–H and O–H groups in total. The zero-order valence-electron chi connectivity index (χ0n) is 14.2. The number of carbonyl (C=O) groups excluding carboxylic acids is 1. The summed E-state index contributed by atoms with van der Waals surface area (Å²) in [6.07, 6.45) is 4.22. The van der Waals surface area contributed by atoms with Gasteiger partial charge in [0.2, 0.25) is 5.91 Å². The number of aryl methyl sites for hydroxylation is 1. The number of nitro groups is 1. The van der Waals surface area contributed by atoms with Gasteiger partial charge in [-0.25, -0.2) is 4.98 Å². The van der Waals surface area contributed by atoms with Gasteiger partial charge < -0.3 is 10.1 Å². The minimum absolute atomic E-state index is 0.0685. The van der Waals surface area contributed by atoms with E-state index in [1.54, 1.807) is 13.0 Å². The number of rotatable bonds is 6. The van der Waals surface area contributed by atoms with E-state index in [2.05, 4.69) is 10.3 Å². The Morgan fingerprint density at radius 2 is 2.12 bits per heavy atom. The van der Waals surface area contributed by atoms with Crippen LogP contribution < -0.4 is 10.1 Å². The Kier molecular flexibility index (Phi) is 5.84. The molecule has 2 aromatic rings.